The van der Waals surface area contributed by atoms with Crippen LogP contribution in [0.25, 0.3) is 0 Å². The number of hydrogen-bond donors (Lipinski definition) is 1. The molecule has 1 amide bonds. The predicted molar refractivity (Wildman–Crippen MR) is 74.7 cm³/mol. The Hall–Kier alpha value is -1.55. The van der Waals surface area contributed by atoms with Crippen molar-refractivity contribution in [3.63, 3.8) is 0 Å². The summed E-state index contributed by atoms with van der Waals surface area (Å²) in [6.45, 7) is 0.660. The van der Waals surface area contributed by atoms with Crippen LogP contribution in [0.4, 0.5) is 0 Å². The predicted octanol–water partition coefficient (Wildman–Crippen LogP) is 2.30. The van der Waals surface area contributed by atoms with E-state index in [9.17, 15) is 9.59 Å². The number of aliphatic carboxylic acids is 1. The molecule has 1 N–H and O–H groups in total. The first kappa shape index (κ1) is 13.4. The number of carbonyl (C=O) groups excluding carboxylic acids is 1. The lowest BCUT2D eigenvalue weighted by Gasteiger charge is -2.48. The van der Waals surface area contributed by atoms with E-state index in [1.54, 1.807) is 11.0 Å². The van der Waals surface area contributed by atoms with Crippen molar-refractivity contribution >= 4 is 23.5 Å². The summed E-state index contributed by atoms with van der Waals surface area (Å²) in [6.07, 6.45) is 2.66. The SMILES string of the molecule is O=C(O)C1CN(C(=O)C2(c3cccc(Cl)c3)CCC2)C1. The molecule has 4 nitrogen and oxygen atoms in total. The molecule has 1 saturated carbocycles. The molecule has 0 unspecified atom stereocenters. The Morgan fingerprint density at radius 1 is 1.30 bits per heavy atom. The van der Waals surface area contributed by atoms with E-state index in [2.05, 4.69) is 0 Å². The van der Waals surface area contributed by atoms with Gasteiger partial charge in [0.25, 0.3) is 0 Å². The second-order valence-electron chi connectivity index (χ2n) is 5.69. The van der Waals surface area contributed by atoms with Crippen LogP contribution in [0, 0.1) is 5.92 Å². The molecular formula is C15H16ClNO3. The van der Waals surface area contributed by atoms with Gasteiger partial charge >= 0.3 is 5.97 Å². The van der Waals surface area contributed by atoms with Gasteiger partial charge in [0.15, 0.2) is 0 Å². The van der Waals surface area contributed by atoms with Gasteiger partial charge in [0.1, 0.15) is 0 Å². The zero-order chi connectivity index (χ0) is 14.3. The van der Waals surface area contributed by atoms with Gasteiger partial charge in [-0.05, 0) is 30.5 Å². The van der Waals surface area contributed by atoms with E-state index >= 15 is 0 Å². The number of halogens is 1. The van der Waals surface area contributed by atoms with E-state index in [1.807, 2.05) is 18.2 Å². The smallest absolute Gasteiger partial charge is 0.310 e. The Bertz CT molecular complexity index is 562. The maximum Gasteiger partial charge on any atom is 0.310 e. The fourth-order valence-electron chi connectivity index (χ4n) is 3.05. The highest BCUT2D eigenvalue weighted by Crippen LogP contribution is 2.46. The van der Waals surface area contributed by atoms with E-state index < -0.39 is 17.3 Å². The summed E-state index contributed by atoms with van der Waals surface area (Å²) in [4.78, 5) is 25.2. The molecule has 1 saturated heterocycles. The third-order valence-corrected chi connectivity index (χ3v) is 4.75. The highest BCUT2D eigenvalue weighted by molar-refractivity contribution is 6.30. The molecular weight excluding hydrogens is 278 g/mol. The lowest BCUT2D eigenvalue weighted by Crippen LogP contribution is -2.60. The topological polar surface area (TPSA) is 57.6 Å². The van der Waals surface area contributed by atoms with Crippen LogP contribution in [0.1, 0.15) is 24.8 Å². The monoisotopic (exact) mass is 293 g/mol. The second-order valence-corrected chi connectivity index (χ2v) is 6.13. The van der Waals surface area contributed by atoms with Crippen LogP contribution < -0.4 is 0 Å². The van der Waals surface area contributed by atoms with Gasteiger partial charge in [0.2, 0.25) is 5.91 Å². The summed E-state index contributed by atoms with van der Waals surface area (Å²) in [5, 5.41) is 9.54. The van der Waals surface area contributed by atoms with Crippen molar-refractivity contribution in [1.82, 2.24) is 4.90 Å². The lowest BCUT2D eigenvalue weighted by atomic mass is 9.63. The minimum absolute atomic E-state index is 0.0588. The van der Waals surface area contributed by atoms with Crippen LogP contribution in [-0.4, -0.2) is 35.0 Å². The van der Waals surface area contributed by atoms with Gasteiger partial charge in [0.05, 0.1) is 11.3 Å². The Morgan fingerprint density at radius 3 is 2.50 bits per heavy atom. The highest BCUT2D eigenvalue weighted by atomic mass is 35.5. The third kappa shape index (κ3) is 1.99. The molecule has 1 heterocycles. The normalized spacial score (nSPS) is 20.9. The molecule has 0 aromatic heterocycles. The summed E-state index contributed by atoms with van der Waals surface area (Å²) < 4.78 is 0. The maximum atomic E-state index is 12.7. The Labute approximate surface area is 122 Å². The van der Waals surface area contributed by atoms with E-state index in [1.165, 1.54) is 0 Å². The molecule has 0 spiro atoms. The molecule has 5 heteroatoms. The van der Waals surface area contributed by atoms with E-state index in [0.717, 1.165) is 24.8 Å². The van der Waals surface area contributed by atoms with E-state index in [-0.39, 0.29) is 5.91 Å². The molecule has 0 bridgehead atoms. The quantitative estimate of drug-likeness (QED) is 0.930. The number of hydrogen-bond acceptors (Lipinski definition) is 2. The Morgan fingerprint density at radius 2 is 2.00 bits per heavy atom. The molecule has 0 atom stereocenters. The summed E-state index contributed by atoms with van der Waals surface area (Å²) in [5.41, 5.74) is 0.481. The molecule has 0 radical (unpaired) electrons. The molecule has 2 fully saturated rings. The first-order valence-corrected chi connectivity index (χ1v) is 7.19. The Balaban J connectivity index is 1.80. The number of benzene rings is 1. The lowest BCUT2D eigenvalue weighted by molar-refractivity contribution is -0.157. The summed E-state index contributed by atoms with van der Waals surface area (Å²) in [5.74, 6) is -1.17. The standard InChI is InChI=1S/C15H16ClNO3/c16-12-4-1-3-11(7-12)15(5-2-6-15)14(20)17-8-10(9-17)13(18)19/h1,3-4,7,10H,2,5-6,8-9H2,(H,18,19). The summed E-state index contributed by atoms with van der Waals surface area (Å²) >= 11 is 6.03. The largest absolute Gasteiger partial charge is 0.481 e. The molecule has 1 aromatic rings. The van der Waals surface area contributed by atoms with Crippen molar-refractivity contribution in [2.24, 2.45) is 5.92 Å². The summed E-state index contributed by atoms with van der Waals surface area (Å²) in [7, 11) is 0. The number of carboxylic acid groups (broad SMARTS) is 1. The van der Waals surface area contributed by atoms with Gasteiger partial charge < -0.3 is 10.0 Å². The van der Waals surface area contributed by atoms with Gasteiger partial charge in [-0.2, -0.15) is 0 Å². The third-order valence-electron chi connectivity index (χ3n) is 4.51. The number of carboxylic acids is 1. The Kier molecular flexibility index (Phi) is 3.21. The minimum Gasteiger partial charge on any atom is -0.481 e. The number of rotatable bonds is 3. The average molecular weight is 294 g/mol. The molecule has 20 heavy (non-hydrogen) atoms. The van der Waals surface area contributed by atoms with Gasteiger partial charge in [-0.3, -0.25) is 9.59 Å². The van der Waals surface area contributed by atoms with Crippen molar-refractivity contribution in [1.29, 1.82) is 0 Å². The average Bonchev–Trinajstić information content (AvgIpc) is 2.24. The van der Waals surface area contributed by atoms with Gasteiger partial charge in [-0.25, -0.2) is 0 Å². The van der Waals surface area contributed by atoms with Crippen molar-refractivity contribution in [3.05, 3.63) is 34.9 Å². The van der Waals surface area contributed by atoms with Crippen molar-refractivity contribution in [2.75, 3.05) is 13.1 Å². The number of nitrogens with zero attached hydrogens (tertiary/aromatic N) is 1. The van der Waals surface area contributed by atoms with E-state index in [0.29, 0.717) is 18.1 Å². The van der Waals surface area contributed by atoms with Crippen LogP contribution in [0.3, 0.4) is 0 Å². The number of amides is 1. The first-order valence-electron chi connectivity index (χ1n) is 6.81. The molecule has 1 aliphatic carbocycles. The number of carbonyl (C=O) groups is 2. The van der Waals surface area contributed by atoms with Crippen molar-refractivity contribution in [3.8, 4) is 0 Å². The molecule has 106 valence electrons. The molecule has 1 aromatic carbocycles. The molecule has 1 aliphatic heterocycles. The van der Waals surface area contributed by atoms with Crippen LogP contribution in [0.15, 0.2) is 24.3 Å². The first-order chi connectivity index (χ1) is 9.53. The van der Waals surface area contributed by atoms with Gasteiger partial charge in [-0.15, -0.1) is 0 Å². The van der Waals surface area contributed by atoms with Crippen molar-refractivity contribution in [2.45, 2.75) is 24.7 Å². The van der Waals surface area contributed by atoms with Crippen LogP contribution >= 0.6 is 11.6 Å². The maximum absolute atomic E-state index is 12.7. The minimum atomic E-state index is -0.820. The second kappa shape index (κ2) is 4.77. The zero-order valence-electron chi connectivity index (χ0n) is 11.0. The van der Waals surface area contributed by atoms with Gasteiger partial charge in [-0.1, -0.05) is 30.2 Å². The zero-order valence-corrected chi connectivity index (χ0v) is 11.8. The fourth-order valence-corrected chi connectivity index (χ4v) is 3.24. The van der Waals surface area contributed by atoms with Crippen molar-refractivity contribution < 1.29 is 14.7 Å². The van der Waals surface area contributed by atoms with Crippen LogP contribution in [0.5, 0.6) is 0 Å². The van der Waals surface area contributed by atoms with Crippen LogP contribution in [-0.2, 0) is 15.0 Å². The fraction of sp³-hybridized carbons (Fsp3) is 0.467. The molecule has 3 rings (SSSR count). The summed E-state index contributed by atoms with van der Waals surface area (Å²) in [6, 6.07) is 7.46. The molecule has 2 aliphatic rings. The van der Waals surface area contributed by atoms with Crippen LogP contribution in [0.2, 0.25) is 5.02 Å². The highest BCUT2D eigenvalue weighted by Gasteiger charge is 2.50. The number of likely N-dealkylation sites (tertiary alicyclic amines) is 1. The van der Waals surface area contributed by atoms with Gasteiger partial charge in [0, 0.05) is 18.1 Å². The van der Waals surface area contributed by atoms with E-state index in [4.69, 9.17) is 16.7 Å².